The van der Waals surface area contributed by atoms with Gasteiger partial charge in [0, 0.05) is 25.2 Å². The Morgan fingerprint density at radius 1 is 1.00 bits per heavy atom. The van der Waals surface area contributed by atoms with Crippen LogP contribution >= 0.6 is 0 Å². The molecule has 0 aliphatic heterocycles. The molecule has 1 fully saturated rings. The largest absolute Gasteiger partial charge is 0.312 e. The molecule has 0 heterocycles. The average Bonchev–Trinajstić information content (AvgIpc) is 2.97. The summed E-state index contributed by atoms with van der Waals surface area (Å²) in [6.07, 6.45) is 9.61. The highest BCUT2D eigenvalue weighted by molar-refractivity contribution is 4.85. The first kappa shape index (κ1) is 19.0. The third-order valence-corrected chi connectivity index (χ3v) is 5.12. The van der Waals surface area contributed by atoms with Crippen LogP contribution < -0.4 is 5.32 Å². The van der Waals surface area contributed by atoms with Crippen LogP contribution in [0.2, 0.25) is 0 Å². The van der Waals surface area contributed by atoms with Crippen molar-refractivity contribution < 1.29 is 0 Å². The van der Waals surface area contributed by atoms with E-state index in [9.17, 15) is 0 Å². The van der Waals surface area contributed by atoms with E-state index in [1.165, 1.54) is 64.6 Å². The molecule has 0 radical (unpaired) electrons. The van der Waals surface area contributed by atoms with Gasteiger partial charge in [0.2, 0.25) is 0 Å². The van der Waals surface area contributed by atoms with Crippen molar-refractivity contribution in [2.75, 3.05) is 19.6 Å². The van der Waals surface area contributed by atoms with Crippen molar-refractivity contribution in [3.8, 4) is 0 Å². The zero-order chi connectivity index (χ0) is 15.7. The third kappa shape index (κ3) is 6.69. The minimum atomic E-state index is 0.715. The summed E-state index contributed by atoms with van der Waals surface area (Å²) in [6, 6.07) is 1.48. The summed E-state index contributed by atoms with van der Waals surface area (Å²) in [4.78, 5) is 2.79. The second-order valence-corrected chi connectivity index (χ2v) is 7.42. The second-order valence-electron chi connectivity index (χ2n) is 7.42. The maximum absolute atomic E-state index is 3.88. The molecule has 21 heavy (non-hydrogen) atoms. The van der Waals surface area contributed by atoms with Crippen LogP contribution in [-0.4, -0.2) is 36.6 Å². The molecule has 1 N–H and O–H groups in total. The van der Waals surface area contributed by atoms with E-state index in [1.807, 2.05) is 0 Å². The summed E-state index contributed by atoms with van der Waals surface area (Å²) in [5.74, 6) is 1.68. The minimum Gasteiger partial charge on any atom is -0.312 e. The van der Waals surface area contributed by atoms with Gasteiger partial charge in [-0.2, -0.15) is 0 Å². The lowest BCUT2D eigenvalue weighted by molar-refractivity contribution is 0.132. The molecule has 1 aliphatic rings. The Morgan fingerprint density at radius 2 is 1.62 bits per heavy atom. The third-order valence-electron chi connectivity index (χ3n) is 5.12. The quantitative estimate of drug-likeness (QED) is 0.595. The fraction of sp³-hybridized carbons (Fsp3) is 1.00. The van der Waals surface area contributed by atoms with Gasteiger partial charge in [-0.3, -0.25) is 4.90 Å². The molecule has 0 bridgehead atoms. The molecular weight excluding hydrogens is 256 g/mol. The number of rotatable bonds is 11. The molecule has 1 saturated carbocycles. The van der Waals surface area contributed by atoms with E-state index in [4.69, 9.17) is 0 Å². The molecular formula is C19H40N2. The van der Waals surface area contributed by atoms with Crippen LogP contribution in [0.15, 0.2) is 0 Å². The van der Waals surface area contributed by atoms with E-state index in [-0.39, 0.29) is 0 Å². The van der Waals surface area contributed by atoms with Gasteiger partial charge in [-0.25, -0.2) is 0 Å². The van der Waals surface area contributed by atoms with Crippen molar-refractivity contribution in [1.29, 1.82) is 0 Å². The van der Waals surface area contributed by atoms with Crippen LogP contribution in [0.3, 0.4) is 0 Å². The highest BCUT2D eigenvalue weighted by Crippen LogP contribution is 2.29. The van der Waals surface area contributed by atoms with Crippen LogP contribution in [0, 0.1) is 11.8 Å². The van der Waals surface area contributed by atoms with Crippen molar-refractivity contribution in [3.63, 3.8) is 0 Å². The molecule has 0 spiro atoms. The molecule has 1 rings (SSSR count). The predicted octanol–water partition coefficient (Wildman–Crippen LogP) is 4.69. The lowest BCUT2D eigenvalue weighted by Crippen LogP contribution is -2.49. The van der Waals surface area contributed by atoms with Gasteiger partial charge < -0.3 is 5.32 Å². The van der Waals surface area contributed by atoms with Gasteiger partial charge in [0.25, 0.3) is 0 Å². The lowest BCUT2D eigenvalue weighted by Gasteiger charge is -2.37. The van der Waals surface area contributed by atoms with Crippen molar-refractivity contribution in [3.05, 3.63) is 0 Å². The smallest absolute Gasteiger partial charge is 0.0223 e. The molecule has 0 saturated heterocycles. The Bertz CT molecular complexity index is 242. The molecule has 1 atom stereocenters. The van der Waals surface area contributed by atoms with Crippen LogP contribution in [0.5, 0.6) is 0 Å². The van der Waals surface area contributed by atoms with Crippen molar-refractivity contribution in [1.82, 2.24) is 10.2 Å². The van der Waals surface area contributed by atoms with Gasteiger partial charge in [-0.1, -0.05) is 47.5 Å². The normalized spacial score (nSPS) is 18.3. The maximum Gasteiger partial charge on any atom is 0.0223 e. The number of hydrogen-bond donors (Lipinski definition) is 1. The molecule has 1 unspecified atom stereocenters. The molecule has 1 aliphatic carbocycles. The van der Waals surface area contributed by atoms with Gasteiger partial charge in [-0.15, -0.1) is 0 Å². The van der Waals surface area contributed by atoms with Crippen molar-refractivity contribution >= 4 is 0 Å². The van der Waals surface area contributed by atoms with Crippen molar-refractivity contribution in [2.45, 2.75) is 91.6 Å². The Kier molecular flexibility index (Phi) is 9.59. The molecule has 0 aromatic heterocycles. The van der Waals surface area contributed by atoms with Crippen LogP contribution in [-0.2, 0) is 0 Å². The fourth-order valence-electron chi connectivity index (χ4n) is 3.97. The zero-order valence-electron chi connectivity index (χ0n) is 15.3. The van der Waals surface area contributed by atoms with Gasteiger partial charge in [0.15, 0.2) is 0 Å². The molecule has 0 aromatic rings. The standard InChI is InChI=1S/C19H40N2/c1-6-13-20-19(17-11-9-10-12-17)15-21(14-16(4)5)18(7-2)8-3/h16-20H,6-15H2,1-5H3. The zero-order valence-corrected chi connectivity index (χ0v) is 15.3. The summed E-state index contributed by atoms with van der Waals surface area (Å²) < 4.78 is 0. The van der Waals surface area contributed by atoms with Gasteiger partial charge >= 0.3 is 0 Å². The van der Waals surface area contributed by atoms with E-state index >= 15 is 0 Å². The summed E-state index contributed by atoms with van der Waals surface area (Å²) in [5, 5.41) is 3.88. The number of nitrogens with zero attached hydrogens (tertiary/aromatic N) is 1. The lowest BCUT2D eigenvalue weighted by atomic mass is 9.95. The van der Waals surface area contributed by atoms with E-state index in [0.717, 1.165) is 17.9 Å². The summed E-state index contributed by atoms with van der Waals surface area (Å²) in [5.41, 5.74) is 0. The maximum atomic E-state index is 3.88. The Balaban J connectivity index is 2.68. The summed E-state index contributed by atoms with van der Waals surface area (Å²) >= 11 is 0. The number of nitrogens with one attached hydrogen (secondary N) is 1. The molecule has 2 nitrogen and oxygen atoms in total. The Morgan fingerprint density at radius 3 is 2.10 bits per heavy atom. The predicted molar refractivity (Wildman–Crippen MR) is 94.8 cm³/mol. The first-order valence-electron chi connectivity index (χ1n) is 9.59. The van der Waals surface area contributed by atoms with Crippen LogP contribution in [0.4, 0.5) is 0 Å². The van der Waals surface area contributed by atoms with E-state index in [0.29, 0.717) is 6.04 Å². The van der Waals surface area contributed by atoms with Gasteiger partial charge in [-0.05, 0) is 50.5 Å². The fourth-order valence-corrected chi connectivity index (χ4v) is 3.97. The molecule has 0 aromatic carbocycles. The average molecular weight is 297 g/mol. The van der Waals surface area contributed by atoms with E-state index in [2.05, 4.69) is 44.8 Å². The first-order valence-corrected chi connectivity index (χ1v) is 9.59. The molecule has 2 heteroatoms. The van der Waals surface area contributed by atoms with E-state index < -0.39 is 0 Å². The van der Waals surface area contributed by atoms with Gasteiger partial charge in [0.05, 0.1) is 0 Å². The SMILES string of the molecule is CCCNC(CN(CC(C)C)C(CC)CC)C1CCCC1. The topological polar surface area (TPSA) is 15.3 Å². The molecule has 0 amide bonds. The minimum absolute atomic E-state index is 0.715. The number of hydrogen-bond acceptors (Lipinski definition) is 2. The molecule has 126 valence electrons. The first-order chi connectivity index (χ1) is 10.1. The van der Waals surface area contributed by atoms with Crippen LogP contribution in [0.1, 0.15) is 79.6 Å². The second kappa shape index (κ2) is 10.6. The summed E-state index contributed by atoms with van der Waals surface area (Å²) in [7, 11) is 0. The van der Waals surface area contributed by atoms with Crippen LogP contribution in [0.25, 0.3) is 0 Å². The van der Waals surface area contributed by atoms with Gasteiger partial charge in [0.1, 0.15) is 0 Å². The van der Waals surface area contributed by atoms with Crippen molar-refractivity contribution in [2.24, 2.45) is 11.8 Å². The highest BCUT2D eigenvalue weighted by Gasteiger charge is 2.28. The Labute approximate surface area is 134 Å². The van der Waals surface area contributed by atoms with E-state index in [1.54, 1.807) is 0 Å². The summed E-state index contributed by atoms with van der Waals surface area (Å²) in [6.45, 7) is 15.4. The Hall–Kier alpha value is -0.0800. The monoisotopic (exact) mass is 296 g/mol. The highest BCUT2D eigenvalue weighted by atomic mass is 15.2.